The summed E-state index contributed by atoms with van der Waals surface area (Å²) in [5, 5.41) is 4.30. The van der Waals surface area contributed by atoms with Crippen LogP contribution in [0, 0.1) is 50.2 Å². The van der Waals surface area contributed by atoms with E-state index in [1.54, 1.807) is 0 Å². The van der Waals surface area contributed by atoms with Gasteiger partial charge in [-0.25, -0.2) is 4.79 Å². The van der Waals surface area contributed by atoms with E-state index in [1.807, 2.05) is 6.92 Å². The van der Waals surface area contributed by atoms with E-state index >= 15 is 0 Å². The number of carbonyl (C=O) groups excluding carboxylic acids is 4. The molecule has 0 heterocycles. The maximum Gasteiger partial charge on any atom is 0.331 e. The Morgan fingerprint density at radius 3 is 2.13 bits per heavy atom. The maximum atomic E-state index is 13.6. The first-order chi connectivity index (χ1) is 21.3. The first kappa shape index (κ1) is 34.6. The van der Waals surface area contributed by atoms with Gasteiger partial charge in [-0.3, -0.25) is 14.4 Å². The van der Waals surface area contributed by atoms with Crippen molar-refractivity contribution in [2.24, 2.45) is 55.4 Å². The molecule has 3 unspecified atom stereocenters. The summed E-state index contributed by atoms with van der Waals surface area (Å²) in [5.41, 5.74) is 0.147. The first-order valence-corrected chi connectivity index (χ1v) is 17.2. The molecule has 5 aliphatic rings. The van der Waals surface area contributed by atoms with E-state index in [9.17, 15) is 19.2 Å². The van der Waals surface area contributed by atoms with Crippen LogP contribution in [0.5, 0.6) is 0 Å². The van der Waals surface area contributed by atoms with Crippen molar-refractivity contribution in [2.45, 2.75) is 126 Å². The molecule has 9 nitrogen and oxygen atoms in total. The molecule has 4 fully saturated rings. The SMILES string of the molecule is COC(=O)[C@]12CCC(C)(C)CC1C1=CCC3[C@@]4(C)C[C@@H](OC(C)=O)/C(=N/OC(C)=O)[C@](C)(COC(C)=O)C4CC[C@@]3(C)[C@]1(C)CC2. The van der Waals surface area contributed by atoms with Crippen LogP contribution in [0.1, 0.15) is 120 Å². The predicted molar refractivity (Wildman–Crippen MR) is 172 cm³/mol. The summed E-state index contributed by atoms with van der Waals surface area (Å²) in [5.74, 6) is -1.10. The van der Waals surface area contributed by atoms with Gasteiger partial charge in [0.2, 0.25) is 0 Å². The zero-order chi connectivity index (χ0) is 34.1. The van der Waals surface area contributed by atoms with Crippen LogP contribution < -0.4 is 0 Å². The molecule has 0 bridgehead atoms. The van der Waals surface area contributed by atoms with Gasteiger partial charge >= 0.3 is 23.9 Å². The van der Waals surface area contributed by atoms with E-state index in [-0.39, 0.29) is 52.0 Å². The Balaban J connectivity index is 1.63. The number of rotatable bonds is 5. The average Bonchev–Trinajstić information content (AvgIpc) is 2.95. The molecule has 5 rings (SSSR count). The Labute approximate surface area is 274 Å². The predicted octanol–water partition coefficient (Wildman–Crippen LogP) is 6.97. The smallest absolute Gasteiger partial charge is 0.331 e. The molecule has 0 amide bonds. The lowest BCUT2D eigenvalue weighted by Crippen LogP contribution is -2.67. The molecular formula is C37H55NO8. The van der Waals surface area contributed by atoms with Crippen molar-refractivity contribution >= 4 is 29.6 Å². The molecule has 9 heteroatoms. The van der Waals surface area contributed by atoms with Crippen LogP contribution in [0.2, 0.25) is 0 Å². The van der Waals surface area contributed by atoms with Gasteiger partial charge in [-0.2, -0.15) is 0 Å². The Hall–Kier alpha value is -2.71. The molecule has 0 radical (unpaired) electrons. The summed E-state index contributed by atoms with van der Waals surface area (Å²) in [6, 6.07) is 0. The molecule has 0 N–H and O–H groups in total. The molecular weight excluding hydrogens is 586 g/mol. The topological polar surface area (TPSA) is 118 Å². The standard InChI is InChI=1S/C37H55NO8/c1-22(39)44-21-34(7)28-13-14-36(9)29(33(28,6)20-27(45-23(2)40)30(34)38-46-24(3)41)12-11-25-26-19-32(4,5)15-17-37(26,31(42)43-10)18-16-35(25,36)8/h11,26-29H,12-21H2,1-10H3/b38-30-/t26?,27-,28?,29?,33+,34-,35-,36-,37+/m1/s1. The lowest BCUT2D eigenvalue weighted by atomic mass is 9.33. The number of fused-ring (bicyclic) bond motifs is 7. The summed E-state index contributed by atoms with van der Waals surface area (Å²) in [4.78, 5) is 55.3. The Morgan fingerprint density at radius 2 is 1.52 bits per heavy atom. The summed E-state index contributed by atoms with van der Waals surface area (Å²) in [6.45, 7) is 18.0. The minimum absolute atomic E-state index is 0.0171. The number of allylic oxidation sites excluding steroid dienone is 2. The number of methoxy groups -OCH3 is 1. The molecule has 0 saturated heterocycles. The van der Waals surface area contributed by atoms with Gasteiger partial charge in [0.05, 0.1) is 17.9 Å². The first-order valence-electron chi connectivity index (χ1n) is 17.2. The van der Waals surface area contributed by atoms with Crippen molar-refractivity contribution in [1.82, 2.24) is 0 Å². The molecule has 5 aliphatic carbocycles. The molecule has 256 valence electrons. The van der Waals surface area contributed by atoms with E-state index in [0.29, 0.717) is 12.1 Å². The number of esters is 3. The van der Waals surface area contributed by atoms with Crippen LogP contribution in [-0.4, -0.2) is 49.4 Å². The van der Waals surface area contributed by atoms with Crippen LogP contribution in [0.25, 0.3) is 0 Å². The Kier molecular flexibility index (Phi) is 8.63. The highest BCUT2D eigenvalue weighted by atomic mass is 16.7. The van der Waals surface area contributed by atoms with Crippen molar-refractivity contribution < 1.29 is 38.2 Å². The number of nitrogens with zero attached hydrogens (tertiary/aromatic N) is 1. The van der Waals surface area contributed by atoms with Crippen molar-refractivity contribution in [2.75, 3.05) is 13.7 Å². The summed E-state index contributed by atoms with van der Waals surface area (Å²) in [7, 11) is 1.53. The molecule has 0 aromatic rings. The third kappa shape index (κ3) is 5.13. The average molecular weight is 642 g/mol. The van der Waals surface area contributed by atoms with Crippen LogP contribution in [0.4, 0.5) is 0 Å². The third-order valence-corrected chi connectivity index (χ3v) is 13.9. The van der Waals surface area contributed by atoms with E-state index < -0.39 is 34.8 Å². The van der Waals surface area contributed by atoms with Crippen LogP contribution in [-0.2, 0) is 38.2 Å². The van der Waals surface area contributed by atoms with Crippen molar-refractivity contribution in [3.05, 3.63) is 11.6 Å². The summed E-state index contributed by atoms with van der Waals surface area (Å²) >= 11 is 0. The van der Waals surface area contributed by atoms with Crippen molar-refractivity contribution in [1.29, 1.82) is 0 Å². The van der Waals surface area contributed by atoms with Gasteiger partial charge in [-0.15, -0.1) is 0 Å². The highest BCUT2D eigenvalue weighted by Gasteiger charge is 2.71. The molecule has 9 atom stereocenters. The Morgan fingerprint density at radius 1 is 0.848 bits per heavy atom. The van der Waals surface area contributed by atoms with E-state index in [0.717, 1.165) is 51.4 Å². The number of oxime groups is 1. The zero-order valence-corrected chi connectivity index (χ0v) is 29.7. The number of carbonyl (C=O) groups is 4. The second-order valence-corrected chi connectivity index (χ2v) is 16.9. The van der Waals surface area contributed by atoms with Crippen molar-refractivity contribution in [3.8, 4) is 0 Å². The lowest BCUT2D eigenvalue weighted by molar-refractivity contribution is -0.193. The van der Waals surface area contributed by atoms with Gasteiger partial charge in [0, 0.05) is 20.8 Å². The summed E-state index contributed by atoms with van der Waals surface area (Å²) < 4.78 is 17.2. The minimum Gasteiger partial charge on any atom is -0.469 e. The third-order valence-electron chi connectivity index (χ3n) is 13.9. The van der Waals surface area contributed by atoms with Gasteiger partial charge in [-0.05, 0) is 97.2 Å². The fraction of sp³-hybridized carbons (Fsp3) is 0.811. The van der Waals surface area contributed by atoms with E-state index in [1.165, 1.54) is 33.5 Å². The van der Waals surface area contributed by atoms with Crippen LogP contribution >= 0.6 is 0 Å². The highest BCUT2D eigenvalue weighted by Crippen LogP contribution is 2.75. The summed E-state index contributed by atoms with van der Waals surface area (Å²) in [6.07, 6.45) is 9.44. The molecule has 0 aliphatic heterocycles. The van der Waals surface area contributed by atoms with Gasteiger partial charge in [0.15, 0.2) is 0 Å². The number of hydrogen-bond acceptors (Lipinski definition) is 9. The highest BCUT2D eigenvalue weighted by molar-refractivity contribution is 5.96. The fourth-order valence-electron chi connectivity index (χ4n) is 11.6. The Bertz CT molecular complexity index is 1370. The molecule has 4 saturated carbocycles. The monoisotopic (exact) mass is 641 g/mol. The molecule has 0 aromatic heterocycles. The van der Waals surface area contributed by atoms with Gasteiger partial charge in [0.25, 0.3) is 0 Å². The lowest BCUT2D eigenvalue weighted by Gasteiger charge is -2.71. The molecule has 46 heavy (non-hydrogen) atoms. The van der Waals surface area contributed by atoms with Crippen LogP contribution in [0.15, 0.2) is 16.8 Å². The normalized spacial score (nSPS) is 43.4. The second kappa shape index (κ2) is 11.5. The quantitative estimate of drug-likeness (QED) is 0.104. The largest absolute Gasteiger partial charge is 0.469 e. The van der Waals surface area contributed by atoms with Crippen molar-refractivity contribution in [3.63, 3.8) is 0 Å². The van der Waals surface area contributed by atoms with Gasteiger partial charge < -0.3 is 19.0 Å². The zero-order valence-electron chi connectivity index (χ0n) is 29.7. The van der Waals surface area contributed by atoms with Gasteiger partial charge in [-0.1, -0.05) is 58.3 Å². The van der Waals surface area contributed by atoms with E-state index in [4.69, 9.17) is 19.0 Å². The maximum absolute atomic E-state index is 13.6. The fourth-order valence-corrected chi connectivity index (χ4v) is 11.6. The minimum atomic E-state index is -0.833. The molecule has 0 spiro atoms. The number of ether oxygens (including phenoxy) is 3. The second-order valence-electron chi connectivity index (χ2n) is 16.9. The number of hydrogen-bond donors (Lipinski definition) is 0. The van der Waals surface area contributed by atoms with Crippen LogP contribution in [0.3, 0.4) is 0 Å². The van der Waals surface area contributed by atoms with E-state index in [2.05, 4.69) is 45.9 Å². The van der Waals surface area contributed by atoms with Gasteiger partial charge in [0.1, 0.15) is 18.4 Å². The molecule has 0 aromatic carbocycles.